The Hall–Kier alpha value is -1.38. The number of hydrogen-bond donors (Lipinski definition) is 4. The minimum absolute atomic E-state index is 0.00996. The van der Waals surface area contributed by atoms with Crippen LogP contribution in [0.5, 0.6) is 0 Å². The molecule has 0 aromatic rings. The number of rotatable bonds is 8. The number of urea groups is 1. The molecule has 0 aromatic heterocycles. The van der Waals surface area contributed by atoms with Gasteiger partial charge in [0.05, 0.1) is 6.61 Å². The van der Waals surface area contributed by atoms with E-state index in [4.69, 9.17) is 15.6 Å². The van der Waals surface area contributed by atoms with Crippen molar-refractivity contribution in [2.75, 3.05) is 32.8 Å². The second-order valence-electron chi connectivity index (χ2n) is 7.64. The first-order valence-electron chi connectivity index (χ1n) is 8.43. The molecule has 1 aliphatic rings. The van der Waals surface area contributed by atoms with Crippen molar-refractivity contribution in [3.8, 4) is 0 Å². The summed E-state index contributed by atoms with van der Waals surface area (Å²) in [6, 6.07) is -0.0968. The number of nitrogens with zero attached hydrogens (tertiary/aromatic N) is 1. The maximum absolute atomic E-state index is 12.0. The van der Waals surface area contributed by atoms with Crippen molar-refractivity contribution >= 4 is 12.0 Å². The summed E-state index contributed by atoms with van der Waals surface area (Å²) in [5.41, 5.74) is 5.41. The molecule has 5 N–H and O–H groups in total. The van der Waals surface area contributed by atoms with Gasteiger partial charge in [0.1, 0.15) is 6.61 Å². The van der Waals surface area contributed by atoms with E-state index >= 15 is 0 Å². The number of carboxylic acid groups (broad SMARTS) is 1. The van der Waals surface area contributed by atoms with E-state index in [9.17, 15) is 9.59 Å². The van der Waals surface area contributed by atoms with Crippen molar-refractivity contribution in [3.63, 3.8) is 0 Å². The minimum Gasteiger partial charge on any atom is -0.480 e. The van der Waals surface area contributed by atoms with E-state index in [-0.39, 0.29) is 30.3 Å². The number of likely N-dealkylation sites (tertiary alicyclic amines) is 1. The van der Waals surface area contributed by atoms with E-state index in [2.05, 4.69) is 22.5 Å². The zero-order valence-electron chi connectivity index (χ0n) is 15.2. The van der Waals surface area contributed by atoms with Gasteiger partial charge in [-0.15, -0.1) is 0 Å². The maximum Gasteiger partial charge on any atom is 0.329 e. The van der Waals surface area contributed by atoms with Gasteiger partial charge in [-0.25, -0.2) is 9.59 Å². The molecule has 0 aromatic carbocycles. The lowest BCUT2D eigenvalue weighted by atomic mass is 10.1. The first-order valence-corrected chi connectivity index (χ1v) is 8.43. The van der Waals surface area contributed by atoms with E-state index in [1.165, 1.54) is 0 Å². The smallest absolute Gasteiger partial charge is 0.329 e. The van der Waals surface area contributed by atoms with E-state index < -0.39 is 5.97 Å². The van der Waals surface area contributed by atoms with Crippen molar-refractivity contribution in [2.24, 2.45) is 11.7 Å². The molecular weight excluding hydrogens is 312 g/mol. The molecule has 0 saturated carbocycles. The monoisotopic (exact) mass is 344 g/mol. The number of carbonyl (C=O) groups is 2. The lowest BCUT2D eigenvalue weighted by molar-refractivity contribution is -0.142. The molecule has 1 heterocycles. The van der Waals surface area contributed by atoms with Crippen LogP contribution in [0, 0.1) is 5.92 Å². The normalized spacial score (nSPS) is 23.0. The summed E-state index contributed by atoms with van der Waals surface area (Å²) >= 11 is 0. The molecule has 1 fully saturated rings. The van der Waals surface area contributed by atoms with Gasteiger partial charge in [-0.2, -0.15) is 0 Å². The minimum atomic E-state index is -0.978. The topological polar surface area (TPSA) is 117 Å². The fourth-order valence-electron chi connectivity index (χ4n) is 2.81. The number of amides is 2. The van der Waals surface area contributed by atoms with Crippen molar-refractivity contribution in [2.45, 2.75) is 51.7 Å². The van der Waals surface area contributed by atoms with Crippen LogP contribution in [0.25, 0.3) is 0 Å². The quantitative estimate of drug-likeness (QED) is 0.500. The Balaban J connectivity index is 2.57. The molecular formula is C16H32N4O4. The van der Waals surface area contributed by atoms with Gasteiger partial charge in [-0.3, -0.25) is 4.90 Å². The summed E-state index contributed by atoms with van der Waals surface area (Å²) in [6.45, 7) is 9.99. The van der Waals surface area contributed by atoms with Crippen molar-refractivity contribution in [1.29, 1.82) is 0 Å². The Morgan fingerprint density at radius 1 is 1.42 bits per heavy atom. The Bertz CT molecular complexity index is 425. The summed E-state index contributed by atoms with van der Waals surface area (Å²) in [5, 5.41) is 14.6. The van der Waals surface area contributed by atoms with Crippen LogP contribution in [0.15, 0.2) is 0 Å². The van der Waals surface area contributed by atoms with Gasteiger partial charge in [-0.05, 0) is 39.7 Å². The van der Waals surface area contributed by atoms with Crippen molar-refractivity contribution in [3.05, 3.63) is 0 Å². The molecule has 0 radical (unpaired) electrons. The third-order valence-electron chi connectivity index (χ3n) is 3.84. The summed E-state index contributed by atoms with van der Waals surface area (Å²) in [6.07, 6.45) is 0.731. The summed E-state index contributed by atoms with van der Waals surface area (Å²) in [7, 11) is 0. The average molecular weight is 344 g/mol. The van der Waals surface area contributed by atoms with Gasteiger partial charge in [0.15, 0.2) is 0 Å². The highest BCUT2D eigenvalue weighted by Gasteiger charge is 2.34. The second kappa shape index (κ2) is 9.19. The Morgan fingerprint density at radius 3 is 2.62 bits per heavy atom. The van der Waals surface area contributed by atoms with Crippen LogP contribution in [0.2, 0.25) is 0 Å². The van der Waals surface area contributed by atoms with Crippen LogP contribution >= 0.6 is 0 Å². The Morgan fingerprint density at radius 2 is 2.08 bits per heavy atom. The molecule has 3 atom stereocenters. The number of hydrogen-bond acceptors (Lipinski definition) is 5. The molecule has 1 rings (SSSR count). The zero-order valence-corrected chi connectivity index (χ0v) is 15.2. The van der Waals surface area contributed by atoms with Gasteiger partial charge in [0.2, 0.25) is 0 Å². The Labute approximate surface area is 144 Å². The third-order valence-corrected chi connectivity index (χ3v) is 3.84. The van der Waals surface area contributed by atoms with Gasteiger partial charge in [-0.1, -0.05) is 6.92 Å². The number of carboxylic acids is 1. The molecule has 1 aliphatic heterocycles. The third kappa shape index (κ3) is 7.94. The summed E-state index contributed by atoms with van der Waals surface area (Å²) in [4.78, 5) is 24.9. The molecule has 24 heavy (non-hydrogen) atoms. The largest absolute Gasteiger partial charge is 0.480 e. The second-order valence-corrected chi connectivity index (χ2v) is 7.64. The highest BCUT2D eigenvalue weighted by atomic mass is 16.5. The van der Waals surface area contributed by atoms with Gasteiger partial charge >= 0.3 is 12.0 Å². The van der Waals surface area contributed by atoms with E-state index in [0.29, 0.717) is 25.6 Å². The van der Waals surface area contributed by atoms with E-state index in [0.717, 1.165) is 13.0 Å². The lowest BCUT2D eigenvalue weighted by Gasteiger charge is -2.26. The van der Waals surface area contributed by atoms with Gasteiger partial charge in [0, 0.05) is 30.7 Å². The predicted octanol–water partition coefficient (Wildman–Crippen LogP) is 0.223. The average Bonchev–Trinajstić information content (AvgIpc) is 2.77. The zero-order chi connectivity index (χ0) is 18.3. The SMILES string of the molecule is C[C@@H](CN)CN1C[C@H](NC(=O)NC(C)(C)C)C[C@H]1COCC(=O)O. The van der Waals surface area contributed by atoms with Crippen molar-refractivity contribution < 1.29 is 19.4 Å². The molecule has 8 heteroatoms. The standard InChI is InChI=1S/C16H32N4O4/c1-11(6-17)7-20-8-12(18-15(23)19-16(2,3)4)5-13(20)9-24-10-14(21)22/h11-13H,5-10,17H2,1-4H3,(H,21,22)(H2,18,19,23)/t11-,12+,13-/m0/s1. The first-order chi connectivity index (χ1) is 11.1. The maximum atomic E-state index is 12.0. The number of carbonyl (C=O) groups excluding carboxylic acids is 1. The first kappa shape index (κ1) is 20.7. The van der Waals surface area contributed by atoms with Crippen LogP contribution in [-0.4, -0.2) is 72.5 Å². The summed E-state index contributed by atoms with van der Waals surface area (Å²) in [5.74, 6) is -0.650. The molecule has 0 bridgehead atoms. The number of nitrogens with one attached hydrogen (secondary N) is 2. The van der Waals surface area contributed by atoms with Crippen LogP contribution in [0.4, 0.5) is 4.79 Å². The highest BCUT2D eigenvalue weighted by molar-refractivity contribution is 5.75. The van der Waals surface area contributed by atoms with Crippen LogP contribution in [-0.2, 0) is 9.53 Å². The molecule has 8 nitrogen and oxygen atoms in total. The number of ether oxygens (including phenoxy) is 1. The molecule has 0 aliphatic carbocycles. The van der Waals surface area contributed by atoms with E-state index in [1.807, 2.05) is 20.8 Å². The fraction of sp³-hybridized carbons (Fsp3) is 0.875. The molecule has 140 valence electrons. The van der Waals surface area contributed by atoms with Crippen LogP contribution < -0.4 is 16.4 Å². The van der Waals surface area contributed by atoms with Crippen molar-refractivity contribution in [1.82, 2.24) is 15.5 Å². The number of aliphatic carboxylic acids is 1. The van der Waals surface area contributed by atoms with Gasteiger partial charge in [0.25, 0.3) is 0 Å². The molecule has 2 amide bonds. The van der Waals surface area contributed by atoms with Crippen LogP contribution in [0.1, 0.15) is 34.1 Å². The Kier molecular flexibility index (Phi) is 7.92. The van der Waals surface area contributed by atoms with Gasteiger partial charge < -0.3 is 26.2 Å². The molecule has 1 saturated heterocycles. The highest BCUT2D eigenvalue weighted by Crippen LogP contribution is 2.20. The molecule has 0 unspecified atom stereocenters. The summed E-state index contributed by atoms with van der Waals surface area (Å²) < 4.78 is 5.26. The van der Waals surface area contributed by atoms with E-state index in [1.54, 1.807) is 0 Å². The predicted molar refractivity (Wildman–Crippen MR) is 91.9 cm³/mol. The fourth-order valence-corrected chi connectivity index (χ4v) is 2.81. The lowest BCUT2D eigenvalue weighted by Crippen LogP contribution is -2.50. The number of nitrogens with two attached hydrogens (primary N) is 1. The molecule has 0 spiro atoms. The van der Waals surface area contributed by atoms with Crippen LogP contribution in [0.3, 0.4) is 0 Å².